The molecule has 2 bridgehead atoms. The van der Waals surface area contributed by atoms with Gasteiger partial charge in [-0.3, -0.25) is 9.59 Å². The monoisotopic (exact) mass is 868 g/mol. The van der Waals surface area contributed by atoms with E-state index in [0.717, 1.165) is 103 Å². The molecular weight excluding hydrogens is 813 g/mol. The van der Waals surface area contributed by atoms with Crippen molar-refractivity contribution >= 4 is 24.0 Å². The van der Waals surface area contributed by atoms with Crippen molar-refractivity contribution in [2.24, 2.45) is 5.41 Å². The van der Waals surface area contributed by atoms with Crippen LogP contribution in [0.25, 0.3) is 33.6 Å². The Hall–Kier alpha value is -6.48. The lowest BCUT2D eigenvalue weighted by atomic mass is 10.0. The molecule has 15 heteroatoms. The van der Waals surface area contributed by atoms with Gasteiger partial charge < -0.3 is 44.6 Å². The number of H-pyrrole nitrogens is 2. The SMILES string of the molecule is COC(=O)N[C@H]1CCCCCCOCc2[nH]c(nc2-c2ccc(-c3ccc(-c4cnc([C@@H]5CCCN5C(=O)[C@@H](NC(=O)OC)c5ccccc5)[nH]4)cc3)cc2)[C@@H]2CC3(CC3)CN2C1=O. The maximum Gasteiger partial charge on any atom is 0.407 e. The average molecular weight is 869 g/mol. The van der Waals surface area contributed by atoms with E-state index in [0.29, 0.717) is 44.1 Å². The molecule has 1 spiro atoms. The third kappa shape index (κ3) is 9.12. The summed E-state index contributed by atoms with van der Waals surface area (Å²) in [6.07, 6.45) is 9.28. The van der Waals surface area contributed by atoms with Crippen LogP contribution in [0.4, 0.5) is 9.59 Å². The van der Waals surface area contributed by atoms with Crippen LogP contribution in [-0.2, 0) is 30.4 Å². The molecule has 4 N–H and O–H groups in total. The maximum absolute atomic E-state index is 14.2. The number of imidazole rings is 2. The number of methoxy groups -OCH3 is 2. The summed E-state index contributed by atoms with van der Waals surface area (Å²) in [6, 6.07) is 23.8. The highest BCUT2D eigenvalue weighted by Crippen LogP contribution is 2.58. The van der Waals surface area contributed by atoms with E-state index in [1.165, 1.54) is 14.2 Å². The van der Waals surface area contributed by atoms with Gasteiger partial charge in [-0.05, 0) is 72.6 Å². The molecule has 4 aliphatic rings. The van der Waals surface area contributed by atoms with Gasteiger partial charge in [0.1, 0.15) is 23.7 Å². The minimum Gasteiger partial charge on any atom is -0.453 e. The first-order valence-electron chi connectivity index (χ1n) is 22.5. The van der Waals surface area contributed by atoms with E-state index in [-0.39, 0.29) is 29.3 Å². The van der Waals surface area contributed by atoms with Gasteiger partial charge in [-0.25, -0.2) is 19.6 Å². The van der Waals surface area contributed by atoms with Gasteiger partial charge in [-0.2, -0.15) is 0 Å². The zero-order valence-electron chi connectivity index (χ0n) is 36.4. The van der Waals surface area contributed by atoms with E-state index in [4.69, 9.17) is 24.2 Å². The summed E-state index contributed by atoms with van der Waals surface area (Å²) >= 11 is 0. The first-order chi connectivity index (χ1) is 31.2. The number of carbonyl (C=O) groups is 4. The summed E-state index contributed by atoms with van der Waals surface area (Å²) in [5.74, 6) is 1.15. The summed E-state index contributed by atoms with van der Waals surface area (Å²) in [4.78, 5) is 73.5. The van der Waals surface area contributed by atoms with Crippen molar-refractivity contribution in [3.8, 4) is 33.6 Å². The highest BCUT2D eigenvalue weighted by Gasteiger charge is 2.55. The lowest BCUT2D eigenvalue weighted by Crippen LogP contribution is -2.48. The van der Waals surface area contributed by atoms with Crippen LogP contribution in [0.3, 0.4) is 0 Å². The zero-order valence-corrected chi connectivity index (χ0v) is 36.4. The Morgan fingerprint density at radius 3 is 2.22 bits per heavy atom. The Kier molecular flexibility index (Phi) is 12.5. The second kappa shape index (κ2) is 18.7. The summed E-state index contributed by atoms with van der Waals surface area (Å²) < 4.78 is 16.0. The highest BCUT2D eigenvalue weighted by molar-refractivity contribution is 5.88. The quantitative estimate of drug-likeness (QED) is 0.120. The third-order valence-electron chi connectivity index (χ3n) is 13.4. The minimum atomic E-state index is -0.886. The van der Waals surface area contributed by atoms with Crippen molar-refractivity contribution in [3.05, 3.63) is 108 Å². The van der Waals surface area contributed by atoms with E-state index in [1.807, 2.05) is 35.2 Å². The van der Waals surface area contributed by atoms with Crippen molar-refractivity contribution in [3.63, 3.8) is 0 Å². The number of amides is 4. The zero-order chi connectivity index (χ0) is 44.2. The lowest BCUT2D eigenvalue weighted by Gasteiger charge is -2.28. The molecule has 64 heavy (non-hydrogen) atoms. The van der Waals surface area contributed by atoms with Crippen LogP contribution in [0.5, 0.6) is 0 Å². The minimum absolute atomic E-state index is 0.0795. The Balaban J connectivity index is 0.915. The van der Waals surface area contributed by atoms with Crippen LogP contribution < -0.4 is 10.6 Å². The van der Waals surface area contributed by atoms with Crippen molar-refractivity contribution in [1.82, 2.24) is 40.4 Å². The van der Waals surface area contributed by atoms with Gasteiger partial charge in [-0.1, -0.05) is 98.1 Å². The van der Waals surface area contributed by atoms with Crippen molar-refractivity contribution in [2.75, 3.05) is 33.9 Å². The van der Waals surface area contributed by atoms with Crippen LogP contribution in [0.2, 0.25) is 0 Å². The Labute approximate surface area is 372 Å². The summed E-state index contributed by atoms with van der Waals surface area (Å²) in [5.41, 5.74) is 7.31. The molecule has 0 unspecified atom stereocenters. The van der Waals surface area contributed by atoms with Crippen LogP contribution in [0.15, 0.2) is 85.1 Å². The van der Waals surface area contributed by atoms with E-state index in [9.17, 15) is 19.2 Å². The number of aromatic amines is 2. The Morgan fingerprint density at radius 2 is 1.50 bits per heavy atom. The van der Waals surface area contributed by atoms with Gasteiger partial charge in [0, 0.05) is 25.3 Å². The molecule has 5 aromatic rings. The predicted molar refractivity (Wildman–Crippen MR) is 238 cm³/mol. The summed E-state index contributed by atoms with van der Waals surface area (Å²) in [7, 11) is 2.61. The third-order valence-corrected chi connectivity index (χ3v) is 13.4. The number of hydrogen-bond donors (Lipinski definition) is 4. The second-order valence-corrected chi connectivity index (χ2v) is 17.6. The van der Waals surface area contributed by atoms with E-state index < -0.39 is 24.3 Å². The topological polar surface area (TPSA) is 184 Å². The number of nitrogens with zero attached hydrogens (tertiary/aromatic N) is 4. The molecule has 334 valence electrons. The molecule has 1 aliphatic carbocycles. The molecule has 2 saturated heterocycles. The molecule has 2 aromatic heterocycles. The molecule has 3 aliphatic heterocycles. The van der Waals surface area contributed by atoms with Crippen molar-refractivity contribution in [2.45, 2.75) is 95.0 Å². The fourth-order valence-electron chi connectivity index (χ4n) is 9.65. The van der Waals surface area contributed by atoms with Crippen molar-refractivity contribution < 1.29 is 33.4 Å². The number of hydrogen-bond acceptors (Lipinski definition) is 9. The van der Waals surface area contributed by atoms with E-state index in [2.05, 4.69) is 69.1 Å². The Bertz CT molecular complexity index is 2450. The van der Waals surface area contributed by atoms with Crippen LogP contribution in [-0.4, -0.2) is 93.7 Å². The molecule has 15 nitrogen and oxygen atoms in total. The molecule has 3 aromatic carbocycles. The second-order valence-electron chi connectivity index (χ2n) is 17.6. The number of rotatable bonds is 8. The highest BCUT2D eigenvalue weighted by atomic mass is 16.5. The Morgan fingerprint density at radius 1 is 0.797 bits per heavy atom. The molecule has 4 amide bonds. The number of benzene rings is 3. The number of fused-ring (bicyclic) bond motifs is 4. The predicted octanol–water partition coefficient (Wildman–Crippen LogP) is 8.15. The smallest absolute Gasteiger partial charge is 0.407 e. The fraction of sp³-hybridized carbons (Fsp3) is 0.429. The number of aromatic nitrogens is 4. The fourth-order valence-corrected chi connectivity index (χ4v) is 9.65. The molecule has 0 radical (unpaired) electrons. The first kappa shape index (κ1) is 42.8. The standard InChI is InChI=1S/C49H56N8O7/c1-62-47(60)53-36-13-8-3-4-9-26-64-29-38-41(54-44(52-38)40-27-49(23-24-49)30-57(40)45(36)58)35-21-17-32(18-22-35)31-15-19-33(20-16-31)37-28-50-43(51-37)39-14-10-25-56(39)46(59)42(55-48(61)63-2)34-11-6-5-7-12-34/h5-7,11-12,15-22,28,36,39-40,42H,3-4,8-10,13-14,23-27,29-30H2,1-2H3,(H,50,51)(H,52,54)(H,53,60)(H,55,61)/t36-,39-,40-,42-/m0/s1. The number of ether oxygens (including phenoxy) is 3. The molecule has 3 fully saturated rings. The summed E-state index contributed by atoms with van der Waals surface area (Å²) in [6.45, 7) is 2.21. The van der Waals surface area contributed by atoms with Crippen molar-refractivity contribution in [1.29, 1.82) is 0 Å². The lowest BCUT2D eigenvalue weighted by molar-refractivity contribution is -0.135. The van der Waals surface area contributed by atoms with Gasteiger partial charge in [0.2, 0.25) is 5.91 Å². The van der Waals surface area contributed by atoms with Crippen LogP contribution >= 0.6 is 0 Å². The molecular formula is C49H56N8O7. The number of carbonyl (C=O) groups excluding carboxylic acids is 4. The molecule has 4 atom stereocenters. The largest absolute Gasteiger partial charge is 0.453 e. The van der Waals surface area contributed by atoms with Gasteiger partial charge in [0.05, 0.1) is 56.2 Å². The number of nitrogens with one attached hydrogen (secondary N) is 4. The normalized spacial score (nSPS) is 21.3. The molecule has 5 heterocycles. The van der Waals surface area contributed by atoms with Gasteiger partial charge in [0.25, 0.3) is 5.91 Å². The van der Waals surface area contributed by atoms with Gasteiger partial charge >= 0.3 is 12.2 Å². The first-order valence-corrected chi connectivity index (χ1v) is 22.5. The van der Waals surface area contributed by atoms with E-state index >= 15 is 0 Å². The number of likely N-dealkylation sites (tertiary alicyclic amines) is 1. The van der Waals surface area contributed by atoms with Crippen LogP contribution in [0, 0.1) is 5.41 Å². The van der Waals surface area contributed by atoms with Gasteiger partial charge in [-0.15, -0.1) is 0 Å². The molecule has 1 saturated carbocycles. The van der Waals surface area contributed by atoms with Crippen LogP contribution in [0.1, 0.15) is 105 Å². The molecule has 9 rings (SSSR count). The maximum atomic E-state index is 14.2. The number of alkyl carbamates (subject to hydrolysis) is 2. The summed E-state index contributed by atoms with van der Waals surface area (Å²) in [5, 5.41) is 5.55. The van der Waals surface area contributed by atoms with E-state index in [1.54, 1.807) is 11.1 Å². The van der Waals surface area contributed by atoms with Gasteiger partial charge in [0.15, 0.2) is 0 Å². The average Bonchev–Trinajstić information content (AvgIpc) is 3.81.